The number of carbonyl (C=O) groups excluding carboxylic acids is 2. The molecule has 0 aromatic heterocycles. The number of anilines is 1. The summed E-state index contributed by atoms with van der Waals surface area (Å²) in [5.41, 5.74) is 1.65. The van der Waals surface area contributed by atoms with E-state index in [4.69, 9.17) is 0 Å². The number of nitrogens with two attached hydrogens (primary N) is 1. The molecular formula is C19H21F2N2O2+. The molecule has 2 aromatic carbocycles. The van der Waals surface area contributed by atoms with E-state index in [0.717, 1.165) is 12.1 Å². The Labute approximate surface area is 145 Å². The molecule has 0 aliphatic rings. The summed E-state index contributed by atoms with van der Waals surface area (Å²) in [4.78, 5) is 23.7. The van der Waals surface area contributed by atoms with Crippen molar-refractivity contribution in [1.29, 1.82) is 0 Å². The van der Waals surface area contributed by atoms with Gasteiger partial charge in [-0.2, -0.15) is 0 Å². The zero-order valence-electron chi connectivity index (χ0n) is 14.3. The van der Waals surface area contributed by atoms with Crippen LogP contribution in [-0.2, 0) is 4.79 Å². The van der Waals surface area contributed by atoms with Crippen LogP contribution in [0, 0.1) is 11.6 Å². The Kier molecular flexibility index (Phi) is 5.98. The minimum atomic E-state index is -0.907. The normalized spacial score (nSPS) is 13.2. The number of hydrogen-bond acceptors (Lipinski definition) is 2. The Morgan fingerprint density at radius 1 is 1.04 bits per heavy atom. The molecule has 0 saturated heterocycles. The maximum Gasteiger partial charge on any atom is 0.282 e. The standard InChI is InChI=1S/C19H20F2N2O2/c1-11(14-7-8-17(20)18(21)10-14)22-12(2)19(25)23-16-6-4-5-15(9-16)13(3)24/h4-12,22H,1-3H3,(H,23,25)/p+1/t11-,12-/m1/s1. The summed E-state index contributed by atoms with van der Waals surface area (Å²) in [5.74, 6) is -2.12. The van der Waals surface area contributed by atoms with E-state index in [1.54, 1.807) is 36.5 Å². The lowest BCUT2D eigenvalue weighted by molar-refractivity contribution is -0.709. The van der Waals surface area contributed by atoms with Gasteiger partial charge in [-0.05, 0) is 51.1 Å². The fraction of sp³-hybridized carbons (Fsp3) is 0.263. The molecule has 0 aliphatic heterocycles. The van der Waals surface area contributed by atoms with Gasteiger partial charge in [0.1, 0.15) is 6.04 Å². The third-order valence-corrected chi connectivity index (χ3v) is 4.00. The smallest absolute Gasteiger partial charge is 0.282 e. The van der Waals surface area contributed by atoms with Gasteiger partial charge in [0, 0.05) is 16.8 Å². The fourth-order valence-electron chi connectivity index (χ4n) is 2.50. The zero-order valence-corrected chi connectivity index (χ0v) is 14.3. The van der Waals surface area contributed by atoms with Gasteiger partial charge in [0.25, 0.3) is 5.91 Å². The molecule has 2 rings (SSSR count). The molecule has 3 N–H and O–H groups in total. The van der Waals surface area contributed by atoms with Crippen LogP contribution in [-0.4, -0.2) is 17.7 Å². The summed E-state index contributed by atoms with van der Waals surface area (Å²) in [5, 5.41) is 4.52. The molecule has 0 aliphatic carbocycles. The molecule has 25 heavy (non-hydrogen) atoms. The maximum absolute atomic E-state index is 13.3. The second-order valence-electron chi connectivity index (χ2n) is 6.07. The van der Waals surface area contributed by atoms with Crippen molar-refractivity contribution in [2.75, 3.05) is 5.32 Å². The number of halogens is 2. The van der Waals surface area contributed by atoms with Crippen LogP contribution in [0.1, 0.15) is 42.7 Å². The average molecular weight is 347 g/mol. The summed E-state index contributed by atoms with van der Waals surface area (Å²) in [6.45, 7) is 4.99. The van der Waals surface area contributed by atoms with Crippen molar-refractivity contribution >= 4 is 17.4 Å². The molecule has 6 heteroatoms. The highest BCUT2D eigenvalue weighted by Gasteiger charge is 2.21. The van der Waals surface area contributed by atoms with Gasteiger partial charge < -0.3 is 10.6 Å². The van der Waals surface area contributed by atoms with Crippen LogP contribution in [0.2, 0.25) is 0 Å². The lowest BCUT2D eigenvalue weighted by Crippen LogP contribution is -2.91. The molecule has 0 saturated carbocycles. The van der Waals surface area contributed by atoms with E-state index in [0.29, 0.717) is 16.8 Å². The molecule has 0 unspecified atom stereocenters. The number of nitrogens with one attached hydrogen (secondary N) is 1. The number of rotatable bonds is 6. The average Bonchev–Trinajstić information content (AvgIpc) is 2.57. The van der Waals surface area contributed by atoms with Gasteiger partial charge in [0.2, 0.25) is 0 Å². The highest BCUT2D eigenvalue weighted by atomic mass is 19.2. The largest absolute Gasteiger partial charge is 0.330 e. The quantitative estimate of drug-likeness (QED) is 0.790. The number of hydrogen-bond donors (Lipinski definition) is 2. The van der Waals surface area contributed by atoms with E-state index in [2.05, 4.69) is 5.32 Å². The van der Waals surface area contributed by atoms with Crippen LogP contribution < -0.4 is 10.6 Å². The summed E-state index contributed by atoms with van der Waals surface area (Å²) in [6.07, 6.45) is 0. The third-order valence-electron chi connectivity index (χ3n) is 4.00. The topological polar surface area (TPSA) is 62.8 Å². The Balaban J connectivity index is 2.01. The molecule has 0 spiro atoms. The predicted octanol–water partition coefficient (Wildman–Crippen LogP) is 2.82. The molecular weight excluding hydrogens is 326 g/mol. The van der Waals surface area contributed by atoms with Gasteiger partial charge in [-0.15, -0.1) is 0 Å². The second-order valence-corrected chi connectivity index (χ2v) is 6.07. The second kappa shape index (κ2) is 7.98. The summed E-state index contributed by atoms with van der Waals surface area (Å²) >= 11 is 0. The van der Waals surface area contributed by atoms with Crippen molar-refractivity contribution in [3.05, 3.63) is 65.2 Å². The fourth-order valence-corrected chi connectivity index (χ4v) is 2.50. The van der Waals surface area contributed by atoms with E-state index in [1.165, 1.54) is 13.0 Å². The van der Waals surface area contributed by atoms with Gasteiger partial charge in [-0.1, -0.05) is 12.1 Å². The molecule has 0 bridgehead atoms. The number of amides is 1. The van der Waals surface area contributed by atoms with E-state index in [1.807, 2.05) is 6.92 Å². The van der Waals surface area contributed by atoms with Gasteiger partial charge in [0.15, 0.2) is 23.5 Å². The zero-order chi connectivity index (χ0) is 18.6. The monoisotopic (exact) mass is 347 g/mol. The minimum Gasteiger partial charge on any atom is -0.330 e. The molecule has 2 aromatic rings. The molecule has 0 heterocycles. The molecule has 0 radical (unpaired) electrons. The Morgan fingerprint density at radius 3 is 2.40 bits per heavy atom. The van der Waals surface area contributed by atoms with E-state index in [9.17, 15) is 18.4 Å². The molecule has 4 nitrogen and oxygen atoms in total. The molecule has 132 valence electrons. The van der Waals surface area contributed by atoms with E-state index >= 15 is 0 Å². The highest BCUT2D eigenvalue weighted by Crippen LogP contribution is 2.14. The van der Waals surface area contributed by atoms with Gasteiger partial charge >= 0.3 is 0 Å². The lowest BCUT2D eigenvalue weighted by atomic mass is 10.1. The van der Waals surface area contributed by atoms with Crippen molar-refractivity contribution in [1.82, 2.24) is 0 Å². The molecule has 2 atom stereocenters. The maximum atomic E-state index is 13.3. The Bertz CT molecular complexity index is 793. The van der Waals surface area contributed by atoms with Gasteiger partial charge in [-0.25, -0.2) is 8.78 Å². The van der Waals surface area contributed by atoms with Crippen molar-refractivity contribution in [3.63, 3.8) is 0 Å². The Morgan fingerprint density at radius 2 is 1.76 bits per heavy atom. The Hall–Kier alpha value is -2.60. The summed E-state index contributed by atoms with van der Waals surface area (Å²) < 4.78 is 26.3. The molecule has 0 fully saturated rings. The summed E-state index contributed by atoms with van der Waals surface area (Å²) in [7, 11) is 0. The first kappa shape index (κ1) is 18.7. The number of benzene rings is 2. The number of carbonyl (C=O) groups is 2. The summed E-state index contributed by atoms with van der Waals surface area (Å²) in [6, 6.07) is 9.74. The third kappa shape index (κ3) is 4.93. The van der Waals surface area contributed by atoms with Crippen molar-refractivity contribution in [2.45, 2.75) is 32.9 Å². The number of quaternary nitrogens is 1. The van der Waals surface area contributed by atoms with Crippen molar-refractivity contribution in [3.8, 4) is 0 Å². The number of ketones is 1. The first-order valence-electron chi connectivity index (χ1n) is 7.99. The van der Waals surface area contributed by atoms with E-state index < -0.39 is 17.7 Å². The first-order valence-corrected chi connectivity index (χ1v) is 7.99. The first-order chi connectivity index (χ1) is 11.8. The van der Waals surface area contributed by atoms with Crippen molar-refractivity contribution in [2.24, 2.45) is 0 Å². The van der Waals surface area contributed by atoms with Crippen LogP contribution in [0.15, 0.2) is 42.5 Å². The SMILES string of the molecule is CC(=O)c1cccc(NC(=O)[C@@H](C)[NH2+][C@H](C)c2ccc(F)c(F)c2)c1. The van der Waals surface area contributed by atoms with Crippen LogP contribution in [0.4, 0.5) is 14.5 Å². The number of Topliss-reactive ketones (excluding diaryl/α,β-unsaturated/α-hetero) is 1. The lowest BCUT2D eigenvalue weighted by Gasteiger charge is -2.17. The predicted molar refractivity (Wildman–Crippen MR) is 91.2 cm³/mol. The van der Waals surface area contributed by atoms with E-state index in [-0.39, 0.29) is 17.7 Å². The van der Waals surface area contributed by atoms with Crippen LogP contribution >= 0.6 is 0 Å². The van der Waals surface area contributed by atoms with Crippen LogP contribution in [0.25, 0.3) is 0 Å². The van der Waals surface area contributed by atoms with Crippen LogP contribution in [0.5, 0.6) is 0 Å². The molecule has 1 amide bonds. The van der Waals surface area contributed by atoms with Gasteiger partial charge in [-0.3, -0.25) is 9.59 Å². The van der Waals surface area contributed by atoms with Crippen LogP contribution in [0.3, 0.4) is 0 Å². The highest BCUT2D eigenvalue weighted by molar-refractivity contribution is 5.97. The minimum absolute atomic E-state index is 0.0809. The van der Waals surface area contributed by atoms with Gasteiger partial charge in [0.05, 0.1) is 0 Å². The van der Waals surface area contributed by atoms with Crippen molar-refractivity contribution < 1.29 is 23.7 Å².